The first-order chi connectivity index (χ1) is 15.1. The second-order valence-corrected chi connectivity index (χ2v) is 8.38. The van der Waals surface area contributed by atoms with Gasteiger partial charge in [-0.05, 0) is 31.0 Å². The number of nitrogens with zero attached hydrogens (tertiary/aromatic N) is 4. The van der Waals surface area contributed by atoms with Crippen LogP contribution in [0.5, 0.6) is 0 Å². The van der Waals surface area contributed by atoms with Gasteiger partial charge in [-0.25, -0.2) is 4.39 Å². The molecule has 0 unspecified atom stereocenters. The highest BCUT2D eigenvalue weighted by atomic mass is 19.1. The molecule has 0 saturated carbocycles. The van der Waals surface area contributed by atoms with Crippen LogP contribution in [0.25, 0.3) is 0 Å². The van der Waals surface area contributed by atoms with E-state index in [1.165, 1.54) is 6.07 Å². The first kappa shape index (κ1) is 21.4. The molecule has 2 aromatic rings. The molecule has 1 aromatic heterocycles. The summed E-state index contributed by atoms with van der Waals surface area (Å²) < 4.78 is 14.0. The lowest BCUT2D eigenvalue weighted by Gasteiger charge is -2.34. The second-order valence-electron chi connectivity index (χ2n) is 8.38. The molecule has 3 heterocycles. The summed E-state index contributed by atoms with van der Waals surface area (Å²) in [7, 11) is 0. The molecule has 2 amide bonds. The topological polar surface area (TPSA) is 56.8 Å². The first-order valence-corrected chi connectivity index (χ1v) is 11.0. The molecule has 4 rings (SSSR count). The Morgan fingerprint density at radius 1 is 1.03 bits per heavy atom. The van der Waals surface area contributed by atoms with E-state index >= 15 is 0 Å². The highest BCUT2D eigenvalue weighted by molar-refractivity contribution is 5.84. The minimum atomic E-state index is -0.315. The van der Waals surface area contributed by atoms with Gasteiger partial charge in [-0.15, -0.1) is 0 Å². The molecule has 2 aliphatic rings. The minimum absolute atomic E-state index is 0.00953. The Hall–Kier alpha value is -2.80. The van der Waals surface area contributed by atoms with Crippen molar-refractivity contribution in [3.8, 4) is 0 Å². The monoisotopic (exact) mass is 424 g/mol. The van der Waals surface area contributed by atoms with Gasteiger partial charge in [0.15, 0.2) is 0 Å². The third kappa shape index (κ3) is 5.47. The summed E-state index contributed by atoms with van der Waals surface area (Å²) in [4.78, 5) is 35.9. The molecule has 1 atom stereocenters. The van der Waals surface area contributed by atoms with Gasteiger partial charge < -0.3 is 9.80 Å². The lowest BCUT2D eigenvalue weighted by molar-refractivity contribution is -0.143. The number of hydrogen-bond acceptors (Lipinski definition) is 4. The van der Waals surface area contributed by atoms with E-state index in [2.05, 4.69) is 9.88 Å². The number of halogens is 1. The Balaban J connectivity index is 1.34. The lowest BCUT2D eigenvalue weighted by Crippen LogP contribution is -2.47. The van der Waals surface area contributed by atoms with Crippen LogP contribution in [0, 0.1) is 11.7 Å². The van der Waals surface area contributed by atoms with Crippen LogP contribution < -0.4 is 0 Å². The molecular formula is C24H29FN4O2. The Bertz CT molecular complexity index is 907. The van der Waals surface area contributed by atoms with Crippen molar-refractivity contribution in [3.05, 3.63) is 65.7 Å². The zero-order valence-corrected chi connectivity index (χ0v) is 17.8. The molecule has 31 heavy (non-hydrogen) atoms. The van der Waals surface area contributed by atoms with Crippen LogP contribution >= 0.6 is 0 Å². The number of likely N-dealkylation sites (tertiary alicyclic amines) is 1. The molecule has 0 spiro atoms. The van der Waals surface area contributed by atoms with Gasteiger partial charge >= 0.3 is 0 Å². The predicted octanol–water partition coefficient (Wildman–Crippen LogP) is 2.69. The number of carbonyl (C=O) groups is 2. The largest absolute Gasteiger partial charge is 0.341 e. The number of carbonyl (C=O) groups excluding carboxylic acids is 2. The molecule has 0 radical (unpaired) electrons. The number of piperidine rings is 1. The van der Waals surface area contributed by atoms with Crippen LogP contribution in [-0.4, -0.2) is 64.2 Å². The Morgan fingerprint density at radius 2 is 1.87 bits per heavy atom. The lowest BCUT2D eigenvalue weighted by atomic mass is 9.95. The van der Waals surface area contributed by atoms with E-state index in [9.17, 15) is 14.0 Å². The van der Waals surface area contributed by atoms with Crippen molar-refractivity contribution in [2.24, 2.45) is 5.92 Å². The van der Waals surface area contributed by atoms with Crippen LogP contribution in [0.2, 0.25) is 0 Å². The Kier molecular flexibility index (Phi) is 6.92. The van der Waals surface area contributed by atoms with Crippen molar-refractivity contribution in [2.45, 2.75) is 32.4 Å². The smallest absolute Gasteiger partial charge is 0.227 e. The number of rotatable bonds is 5. The Morgan fingerprint density at radius 3 is 2.68 bits per heavy atom. The van der Waals surface area contributed by atoms with Gasteiger partial charge in [0, 0.05) is 64.0 Å². The number of pyridine rings is 1. The summed E-state index contributed by atoms with van der Waals surface area (Å²) in [5, 5.41) is 0. The molecule has 6 nitrogen and oxygen atoms in total. The fraction of sp³-hybridized carbons (Fsp3) is 0.458. The average molecular weight is 425 g/mol. The van der Waals surface area contributed by atoms with Gasteiger partial charge in [0.25, 0.3) is 0 Å². The zero-order chi connectivity index (χ0) is 21.6. The normalized spacial score (nSPS) is 20.5. The maximum atomic E-state index is 14.0. The molecule has 0 N–H and O–H groups in total. The van der Waals surface area contributed by atoms with Crippen molar-refractivity contribution in [1.82, 2.24) is 19.7 Å². The molecule has 0 bridgehead atoms. The molecule has 2 fully saturated rings. The van der Waals surface area contributed by atoms with E-state index in [4.69, 9.17) is 0 Å². The fourth-order valence-corrected chi connectivity index (χ4v) is 4.43. The highest BCUT2D eigenvalue weighted by Gasteiger charge is 2.33. The van der Waals surface area contributed by atoms with Gasteiger partial charge in [-0.1, -0.05) is 24.3 Å². The molecule has 1 aromatic carbocycles. The van der Waals surface area contributed by atoms with E-state index in [0.29, 0.717) is 31.5 Å². The average Bonchev–Trinajstić information content (AvgIpc) is 3.02. The van der Waals surface area contributed by atoms with Crippen molar-refractivity contribution < 1.29 is 14.0 Å². The number of amides is 2. The van der Waals surface area contributed by atoms with E-state index < -0.39 is 0 Å². The van der Waals surface area contributed by atoms with Crippen LogP contribution in [0.4, 0.5) is 4.39 Å². The van der Waals surface area contributed by atoms with Crippen LogP contribution in [0.1, 0.15) is 30.5 Å². The molecule has 2 saturated heterocycles. The summed E-state index contributed by atoms with van der Waals surface area (Å²) in [6.07, 6.45) is 3.63. The van der Waals surface area contributed by atoms with Gasteiger partial charge in [-0.2, -0.15) is 0 Å². The van der Waals surface area contributed by atoms with Crippen LogP contribution in [0.15, 0.2) is 48.7 Å². The maximum Gasteiger partial charge on any atom is 0.227 e. The number of hydrogen-bond donors (Lipinski definition) is 0. The van der Waals surface area contributed by atoms with Crippen molar-refractivity contribution >= 4 is 11.8 Å². The van der Waals surface area contributed by atoms with Gasteiger partial charge in [0.05, 0.1) is 11.6 Å². The minimum Gasteiger partial charge on any atom is -0.341 e. The predicted molar refractivity (Wildman–Crippen MR) is 115 cm³/mol. The standard InChI is InChI=1S/C24H29FN4O2/c25-22-8-2-1-6-19(22)16-29-17-20(9-10-23(29)30)24(31)28-13-5-12-27(14-15-28)18-21-7-3-4-11-26-21/h1-4,6-8,11,20H,5,9-10,12-18H2/t20-/m0/s1. The molecule has 0 aliphatic carbocycles. The molecule has 2 aliphatic heterocycles. The molecular weight excluding hydrogens is 395 g/mol. The molecule has 164 valence electrons. The second kappa shape index (κ2) is 10.0. The van der Waals surface area contributed by atoms with E-state index in [1.807, 2.05) is 23.1 Å². The van der Waals surface area contributed by atoms with E-state index in [-0.39, 0.29) is 30.1 Å². The summed E-state index contributed by atoms with van der Waals surface area (Å²) >= 11 is 0. The molecule has 7 heteroatoms. The zero-order valence-electron chi connectivity index (χ0n) is 17.8. The number of aromatic nitrogens is 1. The third-order valence-corrected chi connectivity index (χ3v) is 6.18. The summed E-state index contributed by atoms with van der Waals surface area (Å²) in [5.74, 6) is -0.425. The van der Waals surface area contributed by atoms with Crippen molar-refractivity contribution in [3.63, 3.8) is 0 Å². The van der Waals surface area contributed by atoms with Crippen molar-refractivity contribution in [1.29, 1.82) is 0 Å². The number of benzene rings is 1. The maximum absolute atomic E-state index is 14.0. The summed E-state index contributed by atoms with van der Waals surface area (Å²) in [6, 6.07) is 12.4. The quantitative estimate of drug-likeness (QED) is 0.741. The highest BCUT2D eigenvalue weighted by Crippen LogP contribution is 2.23. The van der Waals surface area contributed by atoms with Gasteiger partial charge in [0.1, 0.15) is 5.82 Å². The SMILES string of the molecule is O=C1CC[C@H](C(=O)N2CCCN(Cc3ccccn3)CC2)CN1Cc1ccccc1F. The van der Waals surface area contributed by atoms with E-state index in [0.717, 1.165) is 38.3 Å². The summed E-state index contributed by atoms with van der Waals surface area (Å²) in [5.41, 5.74) is 1.53. The van der Waals surface area contributed by atoms with E-state index in [1.54, 1.807) is 29.3 Å². The Labute approximate surface area is 182 Å². The first-order valence-electron chi connectivity index (χ1n) is 11.0. The summed E-state index contributed by atoms with van der Waals surface area (Å²) in [6.45, 7) is 4.53. The third-order valence-electron chi connectivity index (χ3n) is 6.18. The van der Waals surface area contributed by atoms with Crippen LogP contribution in [-0.2, 0) is 22.7 Å². The van der Waals surface area contributed by atoms with Gasteiger partial charge in [0.2, 0.25) is 11.8 Å². The van der Waals surface area contributed by atoms with Crippen molar-refractivity contribution in [2.75, 3.05) is 32.7 Å². The van der Waals surface area contributed by atoms with Crippen LogP contribution in [0.3, 0.4) is 0 Å². The fourth-order valence-electron chi connectivity index (χ4n) is 4.43. The van der Waals surface area contributed by atoms with Gasteiger partial charge in [-0.3, -0.25) is 19.5 Å².